The van der Waals surface area contributed by atoms with Crippen LogP contribution in [0.25, 0.3) is 0 Å². The maximum absolute atomic E-state index is 11.7. The Labute approximate surface area is 117 Å². The van der Waals surface area contributed by atoms with Gasteiger partial charge in [-0.1, -0.05) is 42.5 Å². The topological polar surface area (TPSA) is 76.2 Å². The maximum atomic E-state index is 11.7. The SMILES string of the molecule is N=C(N)c1ccc(CCC(=O)Oc2ccccc2)cc1. The number of amidine groups is 1. The second-order valence-electron chi connectivity index (χ2n) is 4.40. The Morgan fingerprint density at radius 2 is 1.70 bits per heavy atom. The fourth-order valence-electron chi connectivity index (χ4n) is 1.77. The lowest BCUT2D eigenvalue weighted by molar-refractivity contribution is -0.134. The predicted octanol–water partition coefficient (Wildman–Crippen LogP) is 2.51. The number of para-hydroxylation sites is 1. The molecular weight excluding hydrogens is 252 g/mol. The highest BCUT2D eigenvalue weighted by molar-refractivity contribution is 5.94. The van der Waals surface area contributed by atoms with E-state index < -0.39 is 0 Å². The van der Waals surface area contributed by atoms with Gasteiger partial charge in [0.2, 0.25) is 0 Å². The van der Waals surface area contributed by atoms with E-state index in [1.165, 1.54) is 0 Å². The third kappa shape index (κ3) is 3.95. The Morgan fingerprint density at radius 1 is 1.05 bits per heavy atom. The van der Waals surface area contributed by atoms with Crippen molar-refractivity contribution in [2.24, 2.45) is 5.73 Å². The van der Waals surface area contributed by atoms with Crippen LogP contribution < -0.4 is 10.5 Å². The highest BCUT2D eigenvalue weighted by atomic mass is 16.5. The lowest BCUT2D eigenvalue weighted by atomic mass is 10.1. The monoisotopic (exact) mass is 268 g/mol. The van der Waals surface area contributed by atoms with Gasteiger partial charge in [-0.3, -0.25) is 10.2 Å². The number of carbonyl (C=O) groups excluding carboxylic acids is 1. The van der Waals surface area contributed by atoms with E-state index in [0.29, 0.717) is 24.2 Å². The molecule has 0 aliphatic carbocycles. The Morgan fingerprint density at radius 3 is 2.30 bits per heavy atom. The number of benzene rings is 2. The number of hydrogen-bond donors (Lipinski definition) is 2. The summed E-state index contributed by atoms with van der Waals surface area (Å²) in [7, 11) is 0. The number of rotatable bonds is 5. The van der Waals surface area contributed by atoms with Crippen molar-refractivity contribution < 1.29 is 9.53 Å². The van der Waals surface area contributed by atoms with Crippen molar-refractivity contribution in [2.45, 2.75) is 12.8 Å². The molecule has 20 heavy (non-hydrogen) atoms. The van der Waals surface area contributed by atoms with Gasteiger partial charge in [-0.15, -0.1) is 0 Å². The fourth-order valence-corrected chi connectivity index (χ4v) is 1.77. The zero-order valence-electron chi connectivity index (χ0n) is 11.0. The van der Waals surface area contributed by atoms with Crippen LogP contribution in [0.15, 0.2) is 54.6 Å². The van der Waals surface area contributed by atoms with Crippen LogP contribution >= 0.6 is 0 Å². The van der Waals surface area contributed by atoms with E-state index in [2.05, 4.69) is 0 Å². The van der Waals surface area contributed by atoms with E-state index in [1.807, 2.05) is 30.3 Å². The van der Waals surface area contributed by atoms with Gasteiger partial charge in [0.25, 0.3) is 0 Å². The molecule has 0 saturated heterocycles. The molecule has 3 N–H and O–H groups in total. The number of carbonyl (C=O) groups is 1. The first-order valence-corrected chi connectivity index (χ1v) is 6.34. The Balaban J connectivity index is 1.85. The minimum atomic E-state index is -0.258. The van der Waals surface area contributed by atoms with Crippen LogP contribution in [0.3, 0.4) is 0 Å². The van der Waals surface area contributed by atoms with Gasteiger partial charge in [0.1, 0.15) is 11.6 Å². The minimum Gasteiger partial charge on any atom is -0.427 e. The lowest BCUT2D eigenvalue weighted by Gasteiger charge is -2.05. The highest BCUT2D eigenvalue weighted by Gasteiger charge is 2.05. The van der Waals surface area contributed by atoms with E-state index in [9.17, 15) is 4.79 Å². The lowest BCUT2D eigenvalue weighted by Crippen LogP contribution is -2.11. The standard InChI is InChI=1S/C16H16N2O2/c17-16(18)13-9-6-12(7-10-13)8-11-15(19)20-14-4-2-1-3-5-14/h1-7,9-10H,8,11H2,(H3,17,18). The van der Waals surface area contributed by atoms with Crippen LogP contribution in [-0.2, 0) is 11.2 Å². The molecule has 0 unspecified atom stereocenters. The van der Waals surface area contributed by atoms with E-state index in [0.717, 1.165) is 5.56 Å². The first kappa shape index (κ1) is 13.8. The van der Waals surface area contributed by atoms with Crippen molar-refractivity contribution >= 4 is 11.8 Å². The Kier molecular flexibility index (Phi) is 4.50. The number of nitrogens with two attached hydrogens (primary N) is 1. The van der Waals surface area contributed by atoms with E-state index >= 15 is 0 Å². The summed E-state index contributed by atoms with van der Waals surface area (Å²) in [4.78, 5) is 11.7. The van der Waals surface area contributed by atoms with E-state index in [4.69, 9.17) is 15.9 Å². The van der Waals surface area contributed by atoms with Crippen molar-refractivity contribution in [2.75, 3.05) is 0 Å². The molecule has 102 valence electrons. The average Bonchev–Trinajstić information content (AvgIpc) is 2.46. The molecule has 4 nitrogen and oxygen atoms in total. The average molecular weight is 268 g/mol. The number of hydrogen-bond acceptors (Lipinski definition) is 3. The summed E-state index contributed by atoms with van der Waals surface area (Å²) in [5.41, 5.74) is 7.08. The summed E-state index contributed by atoms with van der Waals surface area (Å²) < 4.78 is 5.21. The molecule has 0 radical (unpaired) electrons. The minimum absolute atomic E-state index is 0.0417. The Hall–Kier alpha value is -2.62. The molecule has 0 amide bonds. The van der Waals surface area contributed by atoms with Gasteiger partial charge < -0.3 is 10.5 Å². The highest BCUT2D eigenvalue weighted by Crippen LogP contribution is 2.11. The number of ether oxygens (including phenoxy) is 1. The molecule has 2 aromatic rings. The van der Waals surface area contributed by atoms with Crippen molar-refractivity contribution in [3.63, 3.8) is 0 Å². The van der Waals surface area contributed by atoms with Crippen molar-refractivity contribution in [3.05, 3.63) is 65.7 Å². The molecule has 0 aliphatic heterocycles. The van der Waals surface area contributed by atoms with Crippen molar-refractivity contribution in [3.8, 4) is 5.75 Å². The van der Waals surface area contributed by atoms with Crippen LogP contribution in [0.2, 0.25) is 0 Å². The van der Waals surface area contributed by atoms with Gasteiger partial charge in [0.15, 0.2) is 0 Å². The van der Waals surface area contributed by atoms with Gasteiger partial charge in [-0.05, 0) is 24.1 Å². The van der Waals surface area contributed by atoms with Crippen LogP contribution in [0.4, 0.5) is 0 Å². The smallest absolute Gasteiger partial charge is 0.311 e. The summed E-state index contributed by atoms with van der Waals surface area (Å²) in [5, 5.41) is 7.30. The maximum Gasteiger partial charge on any atom is 0.311 e. The largest absolute Gasteiger partial charge is 0.427 e. The second kappa shape index (κ2) is 6.52. The van der Waals surface area contributed by atoms with Gasteiger partial charge in [0, 0.05) is 12.0 Å². The molecule has 0 aliphatic rings. The molecular formula is C16H16N2O2. The number of nitrogen functional groups attached to an aromatic ring is 1. The first-order chi connectivity index (χ1) is 9.65. The van der Waals surface area contributed by atoms with Gasteiger partial charge in [-0.25, -0.2) is 0 Å². The summed E-state index contributed by atoms with van der Waals surface area (Å²) in [6.07, 6.45) is 0.915. The quantitative estimate of drug-likeness (QED) is 0.378. The number of nitrogens with one attached hydrogen (secondary N) is 1. The third-order valence-electron chi connectivity index (χ3n) is 2.86. The molecule has 2 rings (SSSR count). The number of esters is 1. The summed E-state index contributed by atoms with van der Waals surface area (Å²) in [5.74, 6) is 0.344. The van der Waals surface area contributed by atoms with Crippen LogP contribution in [0.1, 0.15) is 17.5 Å². The fraction of sp³-hybridized carbons (Fsp3) is 0.125. The second-order valence-corrected chi connectivity index (χ2v) is 4.40. The van der Waals surface area contributed by atoms with E-state index in [1.54, 1.807) is 24.3 Å². The van der Waals surface area contributed by atoms with Crippen molar-refractivity contribution in [1.82, 2.24) is 0 Å². The van der Waals surface area contributed by atoms with Gasteiger partial charge >= 0.3 is 5.97 Å². The van der Waals surface area contributed by atoms with Crippen LogP contribution in [-0.4, -0.2) is 11.8 Å². The zero-order valence-corrected chi connectivity index (χ0v) is 11.0. The summed E-state index contributed by atoms with van der Waals surface area (Å²) in [6, 6.07) is 16.3. The zero-order chi connectivity index (χ0) is 14.4. The predicted molar refractivity (Wildman–Crippen MR) is 77.9 cm³/mol. The van der Waals surface area contributed by atoms with Crippen molar-refractivity contribution in [1.29, 1.82) is 5.41 Å². The molecule has 4 heteroatoms. The molecule has 0 heterocycles. The molecule has 2 aromatic carbocycles. The van der Waals surface area contributed by atoms with Gasteiger partial charge in [-0.2, -0.15) is 0 Å². The van der Waals surface area contributed by atoms with Crippen LogP contribution in [0.5, 0.6) is 5.75 Å². The molecule has 0 spiro atoms. The Bertz CT molecular complexity index is 592. The summed E-state index contributed by atoms with van der Waals surface area (Å²) in [6.45, 7) is 0. The van der Waals surface area contributed by atoms with Gasteiger partial charge in [0.05, 0.1) is 0 Å². The van der Waals surface area contributed by atoms with Crippen LogP contribution in [0, 0.1) is 5.41 Å². The first-order valence-electron chi connectivity index (χ1n) is 6.34. The molecule has 0 aromatic heterocycles. The number of aryl methyl sites for hydroxylation is 1. The summed E-state index contributed by atoms with van der Waals surface area (Å²) >= 11 is 0. The molecule has 0 fully saturated rings. The molecule has 0 saturated carbocycles. The molecule has 0 bridgehead atoms. The normalized spacial score (nSPS) is 10.0. The molecule has 0 atom stereocenters. The third-order valence-corrected chi connectivity index (χ3v) is 2.86. The van der Waals surface area contributed by atoms with E-state index in [-0.39, 0.29) is 11.8 Å².